The minimum atomic E-state index is -3.06. The van der Waals surface area contributed by atoms with Crippen molar-refractivity contribution in [3.8, 4) is 39.4 Å². The van der Waals surface area contributed by atoms with E-state index in [0.717, 1.165) is 55.3 Å². The molecule has 0 aliphatic rings. The third-order valence-corrected chi connectivity index (χ3v) is 11.0. The molecule has 6 aromatic rings. The van der Waals surface area contributed by atoms with Crippen LogP contribution in [0.5, 0.6) is 5.75 Å². The SMILES string of the molecule is COc1c[c-]c(-c2cc(-c3ccc(P(=O)(c4ccccc4)c4ccccc4)cc3)cc(-c3[c-]cc(C(C)(C)C)cc3)n2)cc1.[Br][Au]. The monoisotopic (exact) mass is 867 g/mol. The summed E-state index contributed by atoms with van der Waals surface area (Å²) in [6.45, 7) is 6.60. The normalized spacial score (nSPS) is 11.4. The van der Waals surface area contributed by atoms with Gasteiger partial charge in [-0.3, -0.25) is 0 Å². The van der Waals surface area contributed by atoms with E-state index in [1.54, 1.807) is 7.11 Å². The van der Waals surface area contributed by atoms with E-state index in [1.165, 1.54) is 5.56 Å². The second kappa shape index (κ2) is 14.9. The van der Waals surface area contributed by atoms with Crippen LogP contribution in [0.25, 0.3) is 33.6 Å². The molecule has 0 saturated carbocycles. The molecular weight excluding hydrogens is 834 g/mol. The molecule has 6 heteroatoms. The van der Waals surface area contributed by atoms with Crippen molar-refractivity contribution >= 4 is 36.1 Å². The third kappa shape index (κ3) is 7.39. The van der Waals surface area contributed by atoms with Crippen LogP contribution >= 0.6 is 20.2 Å². The molecule has 236 valence electrons. The van der Waals surface area contributed by atoms with Crippen LogP contribution in [0.3, 0.4) is 0 Å². The number of methoxy groups -OCH3 is 1. The van der Waals surface area contributed by atoms with Crippen molar-refractivity contribution in [1.82, 2.24) is 4.98 Å². The van der Waals surface area contributed by atoms with Crippen molar-refractivity contribution in [3.05, 3.63) is 151 Å². The van der Waals surface area contributed by atoms with Crippen molar-refractivity contribution < 1.29 is 28.2 Å². The van der Waals surface area contributed by atoms with Crippen molar-refractivity contribution in [2.24, 2.45) is 0 Å². The molecule has 1 heterocycles. The molecule has 0 saturated heterocycles. The first-order valence-electron chi connectivity index (χ1n) is 14.8. The molecule has 0 fully saturated rings. The number of halogens is 1. The Labute approximate surface area is 291 Å². The molecule has 6 rings (SSSR count). The second-order valence-electron chi connectivity index (χ2n) is 11.8. The molecule has 0 spiro atoms. The van der Waals surface area contributed by atoms with Crippen LogP contribution < -0.4 is 20.7 Å². The number of hydrogen-bond donors (Lipinski definition) is 0. The Morgan fingerprint density at radius 1 is 0.652 bits per heavy atom. The molecule has 0 amide bonds. The number of ether oxygens (including phenoxy) is 1. The fourth-order valence-electron chi connectivity index (χ4n) is 5.31. The number of benzene rings is 5. The molecule has 0 bridgehead atoms. The van der Waals surface area contributed by atoms with Gasteiger partial charge in [0.25, 0.3) is 0 Å². The van der Waals surface area contributed by atoms with Gasteiger partial charge in [0.1, 0.15) is 0 Å². The standard InChI is InChI=1S/C40H34NO2P.Au.BrH/c1-40(2,3)33-21-15-30(16-22-33)38-27-32(28-39(41-38)31-17-23-34(43-4)24-18-31)29-19-25-37(26-20-29)44(42,35-11-7-5-8-12-35)36-13-9-6-10-14-36;;/h5-15,17,19-28H,1-4H3;;1H/q-2;+1;/p-1. The van der Waals surface area contributed by atoms with Gasteiger partial charge in [0, 0.05) is 21.7 Å². The first-order valence-corrected chi connectivity index (χ1v) is 21.2. The van der Waals surface area contributed by atoms with Crippen LogP contribution in [0.4, 0.5) is 0 Å². The van der Waals surface area contributed by atoms with Gasteiger partial charge in [-0.05, 0) is 27.9 Å². The number of aromatic nitrogens is 1. The number of hydrogen-bond acceptors (Lipinski definition) is 3. The van der Waals surface area contributed by atoms with Crippen molar-refractivity contribution in [1.29, 1.82) is 0 Å². The summed E-state index contributed by atoms with van der Waals surface area (Å²) in [4.78, 5) is 5.04. The predicted octanol–water partition coefficient (Wildman–Crippen LogP) is 9.47. The van der Waals surface area contributed by atoms with Crippen molar-refractivity contribution in [3.63, 3.8) is 0 Å². The molecule has 0 N–H and O–H groups in total. The summed E-state index contributed by atoms with van der Waals surface area (Å²) in [5.41, 5.74) is 6.68. The van der Waals surface area contributed by atoms with Crippen LogP contribution in [0, 0.1) is 12.1 Å². The zero-order valence-electron chi connectivity index (χ0n) is 26.1. The van der Waals surface area contributed by atoms with Crippen LogP contribution in [-0.4, -0.2) is 12.1 Å². The topological polar surface area (TPSA) is 39.2 Å². The molecule has 0 atom stereocenters. The van der Waals surface area contributed by atoms with Gasteiger partial charge < -0.3 is 14.3 Å². The Morgan fingerprint density at radius 2 is 1.15 bits per heavy atom. The van der Waals surface area contributed by atoms with Gasteiger partial charge in [0.2, 0.25) is 0 Å². The van der Waals surface area contributed by atoms with Gasteiger partial charge >= 0.3 is 32.0 Å². The zero-order chi connectivity index (χ0) is 32.7. The maximum absolute atomic E-state index is 14.9. The van der Waals surface area contributed by atoms with Crippen LogP contribution in [0.15, 0.2) is 133 Å². The fraction of sp³-hybridized carbons (Fsp3) is 0.125. The molecule has 0 aliphatic carbocycles. The van der Waals surface area contributed by atoms with Gasteiger partial charge in [-0.25, -0.2) is 0 Å². The van der Waals surface area contributed by atoms with E-state index in [1.807, 2.05) is 91.0 Å². The molecule has 0 radical (unpaired) electrons. The molecule has 0 aliphatic heterocycles. The summed E-state index contributed by atoms with van der Waals surface area (Å²) in [7, 11) is -1.42. The van der Waals surface area contributed by atoms with Crippen molar-refractivity contribution in [2.75, 3.05) is 7.11 Å². The minimum absolute atomic E-state index is 0.0359. The van der Waals surface area contributed by atoms with E-state index in [9.17, 15) is 4.57 Å². The third-order valence-electron chi connectivity index (χ3n) is 7.88. The summed E-state index contributed by atoms with van der Waals surface area (Å²) in [5, 5.41) is 2.43. The number of rotatable bonds is 7. The fourth-order valence-corrected chi connectivity index (χ4v) is 7.95. The predicted molar refractivity (Wildman–Crippen MR) is 192 cm³/mol. The molecular formula is C40H34AuBrNO2P-2. The first-order chi connectivity index (χ1) is 22.3. The van der Waals surface area contributed by atoms with Gasteiger partial charge in [-0.2, -0.15) is 0 Å². The van der Waals surface area contributed by atoms with Crippen LogP contribution in [0.2, 0.25) is 0 Å². The van der Waals surface area contributed by atoms with Crippen LogP contribution in [-0.2, 0) is 28.9 Å². The van der Waals surface area contributed by atoms with Gasteiger partial charge in [-0.15, -0.1) is 65.2 Å². The van der Waals surface area contributed by atoms with E-state index in [2.05, 4.69) is 107 Å². The number of nitrogens with zero attached hydrogens (tertiary/aromatic N) is 1. The van der Waals surface area contributed by atoms with Gasteiger partial charge in [-0.1, -0.05) is 118 Å². The average Bonchev–Trinajstić information content (AvgIpc) is 3.12. The quantitative estimate of drug-likeness (QED) is 0.0913. The molecule has 1 aromatic heterocycles. The van der Waals surface area contributed by atoms with Gasteiger partial charge in [0.15, 0.2) is 7.14 Å². The Hall–Kier alpha value is -3.50. The van der Waals surface area contributed by atoms with Crippen LogP contribution in [0.1, 0.15) is 26.3 Å². The van der Waals surface area contributed by atoms with Gasteiger partial charge in [0.05, 0.1) is 7.11 Å². The van der Waals surface area contributed by atoms with Crippen molar-refractivity contribution in [2.45, 2.75) is 26.2 Å². The molecule has 0 unspecified atom stereocenters. The van der Waals surface area contributed by atoms with E-state index in [0.29, 0.717) is 0 Å². The molecule has 5 aromatic carbocycles. The summed E-state index contributed by atoms with van der Waals surface area (Å²) in [5.74, 6) is 0.744. The number of pyridine rings is 1. The maximum atomic E-state index is 14.9. The average molecular weight is 869 g/mol. The molecule has 46 heavy (non-hydrogen) atoms. The van der Waals surface area contributed by atoms with E-state index in [-0.39, 0.29) is 5.41 Å². The van der Waals surface area contributed by atoms with E-state index < -0.39 is 7.14 Å². The first kappa shape index (κ1) is 33.9. The Kier molecular flexibility index (Phi) is 11.0. The summed E-state index contributed by atoms with van der Waals surface area (Å²) in [6, 6.07) is 50.6. The summed E-state index contributed by atoms with van der Waals surface area (Å²) in [6.07, 6.45) is 0. The Bertz CT molecular complexity index is 1880. The zero-order valence-corrected chi connectivity index (χ0v) is 30.7. The van der Waals surface area contributed by atoms with E-state index >= 15 is 0 Å². The summed E-state index contributed by atoms with van der Waals surface area (Å²) < 4.78 is 20.2. The Morgan fingerprint density at radius 3 is 1.59 bits per heavy atom. The molecule has 3 nitrogen and oxygen atoms in total. The summed E-state index contributed by atoms with van der Waals surface area (Å²) >= 11 is 4.97. The van der Waals surface area contributed by atoms with E-state index in [4.69, 9.17) is 9.72 Å². The second-order valence-corrected chi connectivity index (χ2v) is 14.6. The Balaban J connectivity index is 0.00000204.